The van der Waals surface area contributed by atoms with E-state index in [-0.39, 0.29) is 6.03 Å². The number of amides is 2. The SMILES string of the molecule is Cc1cc(NC(=O)N2CCC3(CC2)OCCO3)no1. The van der Waals surface area contributed by atoms with Crippen LogP contribution in [0, 0.1) is 6.92 Å². The van der Waals surface area contributed by atoms with E-state index in [9.17, 15) is 4.79 Å². The number of hydrogen-bond acceptors (Lipinski definition) is 5. The Bertz CT molecular complexity index is 457. The van der Waals surface area contributed by atoms with Crippen LogP contribution in [-0.4, -0.2) is 48.2 Å². The van der Waals surface area contributed by atoms with E-state index in [2.05, 4.69) is 10.5 Å². The first-order chi connectivity index (χ1) is 9.17. The molecule has 7 nitrogen and oxygen atoms in total. The number of carbonyl (C=O) groups excluding carboxylic acids is 1. The second kappa shape index (κ2) is 4.82. The number of nitrogens with zero attached hydrogens (tertiary/aromatic N) is 2. The average Bonchev–Trinajstić information content (AvgIpc) is 3.00. The fourth-order valence-electron chi connectivity index (χ4n) is 2.45. The number of urea groups is 1. The molecule has 0 saturated carbocycles. The molecule has 1 aromatic rings. The van der Waals surface area contributed by atoms with Crippen molar-refractivity contribution >= 4 is 11.8 Å². The molecule has 0 atom stereocenters. The molecule has 0 unspecified atom stereocenters. The predicted molar refractivity (Wildman–Crippen MR) is 65.7 cm³/mol. The minimum atomic E-state index is -0.457. The quantitative estimate of drug-likeness (QED) is 0.831. The first-order valence-corrected chi connectivity index (χ1v) is 6.44. The van der Waals surface area contributed by atoms with Gasteiger partial charge in [-0.15, -0.1) is 0 Å². The second-order valence-corrected chi connectivity index (χ2v) is 4.85. The molecule has 2 aliphatic rings. The molecule has 2 saturated heterocycles. The normalized spacial score (nSPS) is 21.8. The van der Waals surface area contributed by atoms with Crippen LogP contribution >= 0.6 is 0 Å². The Morgan fingerprint density at radius 2 is 2.05 bits per heavy atom. The molecule has 19 heavy (non-hydrogen) atoms. The first-order valence-electron chi connectivity index (χ1n) is 6.44. The Kier molecular flexibility index (Phi) is 3.16. The maximum absolute atomic E-state index is 12.0. The topological polar surface area (TPSA) is 76.8 Å². The Labute approximate surface area is 110 Å². The third kappa shape index (κ3) is 2.57. The third-order valence-electron chi connectivity index (χ3n) is 3.49. The van der Waals surface area contributed by atoms with Gasteiger partial charge in [0.1, 0.15) is 5.76 Å². The van der Waals surface area contributed by atoms with E-state index in [1.165, 1.54) is 0 Å². The lowest BCUT2D eigenvalue weighted by atomic mass is 10.0. The lowest BCUT2D eigenvalue weighted by molar-refractivity contribution is -0.181. The van der Waals surface area contributed by atoms with Crippen molar-refractivity contribution in [1.29, 1.82) is 0 Å². The van der Waals surface area contributed by atoms with Crippen molar-refractivity contribution in [2.24, 2.45) is 0 Å². The van der Waals surface area contributed by atoms with Crippen LogP contribution in [0.1, 0.15) is 18.6 Å². The molecule has 0 bridgehead atoms. The van der Waals surface area contributed by atoms with Gasteiger partial charge in [-0.1, -0.05) is 5.16 Å². The summed E-state index contributed by atoms with van der Waals surface area (Å²) in [5, 5.41) is 6.45. The van der Waals surface area contributed by atoms with E-state index in [1.807, 2.05) is 0 Å². The molecule has 1 aromatic heterocycles. The van der Waals surface area contributed by atoms with Crippen molar-refractivity contribution in [2.45, 2.75) is 25.6 Å². The fraction of sp³-hybridized carbons (Fsp3) is 0.667. The highest BCUT2D eigenvalue weighted by molar-refractivity contribution is 5.88. The number of carbonyl (C=O) groups is 1. The number of likely N-dealkylation sites (tertiary alicyclic amines) is 1. The number of piperidine rings is 1. The molecule has 3 rings (SSSR count). The van der Waals surface area contributed by atoms with E-state index in [1.54, 1.807) is 17.9 Å². The summed E-state index contributed by atoms with van der Waals surface area (Å²) in [5.41, 5.74) is 0. The van der Waals surface area contributed by atoms with E-state index in [4.69, 9.17) is 14.0 Å². The summed E-state index contributed by atoms with van der Waals surface area (Å²) in [5.74, 6) is 0.651. The lowest BCUT2D eigenvalue weighted by Gasteiger charge is -2.37. The van der Waals surface area contributed by atoms with Gasteiger partial charge < -0.3 is 18.9 Å². The summed E-state index contributed by atoms with van der Waals surface area (Å²) >= 11 is 0. The van der Waals surface area contributed by atoms with Gasteiger partial charge in [-0.05, 0) is 6.92 Å². The Morgan fingerprint density at radius 1 is 1.37 bits per heavy atom. The highest BCUT2D eigenvalue weighted by Gasteiger charge is 2.40. The van der Waals surface area contributed by atoms with Crippen molar-refractivity contribution in [3.63, 3.8) is 0 Å². The van der Waals surface area contributed by atoms with Crippen LogP contribution in [0.15, 0.2) is 10.6 Å². The van der Waals surface area contributed by atoms with Gasteiger partial charge in [0.15, 0.2) is 11.6 Å². The number of hydrogen-bond donors (Lipinski definition) is 1. The second-order valence-electron chi connectivity index (χ2n) is 4.85. The van der Waals surface area contributed by atoms with E-state index >= 15 is 0 Å². The van der Waals surface area contributed by atoms with E-state index in [0.717, 1.165) is 0 Å². The molecular formula is C12H17N3O4. The van der Waals surface area contributed by atoms with Crippen LogP contribution in [0.25, 0.3) is 0 Å². The first kappa shape index (κ1) is 12.4. The molecule has 2 amide bonds. The number of nitrogens with one attached hydrogen (secondary N) is 1. The molecule has 1 N–H and O–H groups in total. The van der Waals surface area contributed by atoms with Crippen LogP contribution in [-0.2, 0) is 9.47 Å². The van der Waals surface area contributed by atoms with Gasteiger partial charge in [-0.25, -0.2) is 4.79 Å². The van der Waals surface area contributed by atoms with Crippen molar-refractivity contribution in [1.82, 2.24) is 10.1 Å². The number of aromatic nitrogens is 1. The minimum absolute atomic E-state index is 0.166. The Balaban J connectivity index is 1.54. The van der Waals surface area contributed by atoms with Crippen LogP contribution in [0.3, 0.4) is 0 Å². The molecule has 0 aromatic carbocycles. The molecule has 0 aliphatic carbocycles. The summed E-state index contributed by atoms with van der Waals surface area (Å²) < 4.78 is 16.2. The van der Waals surface area contributed by atoms with Gasteiger partial charge in [-0.2, -0.15) is 0 Å². The van der Waals surface area contributed by atoms with Crippen LogP contribution in [0.4, 0.5) is 10.6 Å². The Morgan fingerprint density at radius 3 is 2.63 bits per heavy atom. The van der Waals surface area contributed by atoms with E-state index in [0.29, 0.717) is 50.7 Å². The predicted octanol–water partition coefficient (Wildman–Crippen LogP) is 1.35. The zero-order valence-corrected chi connectivity index (χ0v) is 10.8. The van der Waals surface area contributed by atoms with Gasteiger partial charge in [0.25, 0.3) is 0 Å². The molecule has 2 fully saturated rings. The van der Waals surface area contributed by atoms with Crippen molar-refractivity contribution in [2.75, 3.05) is 31.6 Å². The highest BCUT2D eigenvalue weighted by atomic mass is 16.7. The molecule has 0 radical (unpaired) electrons. The molecule has 3 heterocycles. The van der Waals surface area contributed by atoms with Gasteiger partial charge >= 0.3 is 6.03 Å². The van der Waals surface area contributed by atoms with E-state index < -0.39 is 5.79 Å². The van der Waals surface area contributed by atoms with Gasteiger partial charge in [0.05, 0.1) is 13.2 Å². The van der Waals surface area contributed by atoms with Crippen molar-refractivity contribution < 1.29 is 18.8 Å². The van der Waals surface area contributed by atoms with Crippen molar-refractivity contribution in [3.05, 3.63) is 11.8 Å². The van der Waals surface area contributed by atoms with Crippen LogP contribution < -0.4 is 5.32 Å². The number of anilines is 1. The molecular weight excluding hydrogens is 250 g/mol. The largest absolute Gasteiger partial charge is 0.360 e. The van der Waals surface area contributed by atoms with Crippen LogP contribution in [0.5, 0.6) is 0 Å². The third-order valence-corrected chi connectivity index (χ3v) is 3.49. The number of rotatable bonds is 1. The Hall–Kier alpha value is -1.60. The van der Waals surface area contributed by atoms with Gasteiger partial charge in [0, 0.05) is 32.0 Å². The fourth-order valence-corrected chi connectivity index (χ4v) is 2.45. The molecule has 1 spiro atoms. The number of ether oxygens (including phenoxy) is 2. The maximum Gasteiger partial charge on any atom is 0.323 e. The zero-order chi connectivity index (χ0) is 13.3. The molecule has 7 heteroatoms. The lowest BCUT2D eigenvalue weighted by Crippen LogP contribution is -2.48. The smallest absolute Gasteiger partial charge is 0.323 e. The zero-order valence-electron chi connectivity index (χ0n) is 10.8. The standard InChI is InChI=1S/C12H17N3O4/c1-9-8-10(14-19-9)13-11(16)15-4-2-12(3-5-15)17-6-7-18-12/h8H,2-7H2,1H3,(H,13,14,16). The summed E-state index contributed by atoms with van der Waals surface area (Å²) in [6.07, 6.45) is 1.41. The maximum atomic E-state index is 12.0. The average molecular weight is 267 g/mol. The van der Waals surface area contributed by atoms with Gasteiger partial charge in [0.2, 0.25) is 0 Å². The van der Waals surface area contributed by atoms with Crippen LogP contribution in [0.2, 0.25) is 0 Å². The summed E-state index contributed by atoms with van der Waals surface area (Å²) in [4.78, 5) is 13.8. The summed E-state index contributed by atoms with van der Waals surface area (Å²) in [6.45, 7) is 4.29. The highest BCUT2D eigenvalue weighted by Crippen LogP contribution is 2.31. The summed E-state index contributed by atoms with van der Waals surface area (Å²) in [7, 11) is 0. The van der Waals surface area contributed by atoms with Crippen molar-refractivity contribution in [3.8, 4) is 0 Å². The van der Waals surface area contributed by atoms with Gasteiger partial charge in [-0.3, -0.25) is 5.32 Å². The molecule has 104 valence electrons. The molecule has 2 aliphatic heterocycles. The minimum Gasteiger partial charge on any atom is -0.360 e. The summed E-state index contributed by atoms with van der Waals surface area (Å²) in [6, 6.07) is 1.52. The number of aryl methyl sites for hydroxylation is 1. The monoisotopic (exact) mass is 267 g/mol.